The van der Waals surface area contributed by atoms with Gasteiger partial charge in [0.25, 0.3) is 0 Å². The van der Waals surface area contributed by atoms with E-state index in [1.54, 1.807) is 18.3 Å². The first-order valence-corrected chi connectivity index (χ1v) is 6.84. The summed E-state index contributed by atoms with van der Waals surface area (Å²) in [6.07, 6.45) is 0. The second-order valence-corrected chi connectivity index (χ2v) is 5.50. The van der Waals surface area contributed by atoms with Gasteiger partial charge < -0.3 is 10.6 Å². The third kappa shape index (κ3) is 5.28. The lowest BCUT2D eigenvalue weighted by Crippen LogP contribution is -2.52. The molecule has 110 valence electrons. The zero-order chi connectivity index (χ0) is 12.3. The van der Waals surface area contributed by atoms with Crippen molar-refractivity contribution in [3.05, 3.63) is 22.4 Å². The second-order valence-electron chi connectivity index (χ2n) is 4.47. The van der Waals surface area contributed by atoms with Crippen LogP contribution in [0.25, 0.3) is 0 Å². The van der Waals surface area contributed by atoms with Gasteiger partial charge in [-0.1, -0.05) is 6.07 Å². The maximum absolute atomic E-state index is 11.7. The summed E-state index contributed by atoms with van der Waals surface area (Å²) in [5, 5.41) is 2.10. The summed E-state index contributed by atoms with van der Waals surface area (Å²) in [5.41, 5.74) is 5.61. The second kappa shape index (κ2) is 8.76. The molecule has 1 amide bonds. The van der Waals surface area contributed by atoms with Crippen LogP contribution in [0, 0.1) is 0 Å². The lowest BCUT2D eigenvalue weighted by molar-refractivity contribution is -0.134. The van der Waals surface area contributed by atoms with Gasteiger partial charge in [0, 0.05) is 37.6 Å². The molecule has 19 heavy (non-hydrogen) atoms. The summed E-state index contributed by atoms with van der Waals surface area (Å²) in [6.45, 7) is 6.22. The summed E-state index contributed by atoms with van der Waals surface area (Å²) in [6, 6.07) is 3.86. The molecule has 0 aliphatic carbocycles. The van der Waals surface area contributed by atoms with E-state index < -0.39 is 0 Å². The Balaban J connectivity index is 0.00000162. The summed E-state index contributed by atoms with van der Waals surface area (Å²) < 4.78 is 0. The largest absolute Gasteiger partial charge is 0.339 e. The van der Waals surface area contributed by atoms with Crippen LogP contribution in [0.15, 0.2) is 17.5 Å². The molecule has 4 nitrogen and oxygen atoms in total. The number of carbonyl (C=O) groups is 1. The van der Waals surface area contributed by atoms with Crippen LogP contribution in [0.3, 0.4) is 0 Å². The van der Waals surface area contributed by atoms with E-state index in [9.17, 15) is 4.79 Å². The third-order valence-corrected chi connectivity index (χ3v) is 3.89. The van der Waals surface area contributed by atoms with E-state index in [-0.39, 0.29) is 36.8 Å². The topological polar surface area (TPSA) is 49.6 Å². The highest BCUT2D eigenvalue weighted by Crippen LogP contribution is 2.13. The van der Waals surface area contributed by atoms with Gasteiger partial charge in [-0.3, -0.25) is 9.69 Å². The fourth-order valence-electron chi connectivity index (χ4n) is 2.04. The Kier molecular flexibility index (Phi) is 8.61. The van der Waals surface area contributed by atoms with E-state index in [0.717, 1.165) is 32.7 Å². The molecule has 0 radical (unpaired) electrons. The minimum atomic E-state index is -0.376. The molecule has 1 aliphatic rings. The lowest BCUT2D eigenvalue weighted by atomic mass is 10.2. The molecule has 2 rings (SSSR count). The van der Waals surface area contributed by atoms with E-state index in [1.807, 2.05) is 4.90 Å². The third-order valence-electron chi connectivity index (χ3n) is 3.03. The van der Waals surface area contributed by atoms with E-state index in [2.05, 4.69) is 22.4 Å². The predicted molar refractivity (Wildman–Crippen MR) is 84.3 cm³/mol. The predicted octanol–water partition coefficient (Wildman–Crippen LogP) is 1.58. The first kappa shape index (κ1) is 18.7. The maximum atomic E-state index is 11.7. The SMILES string of the molecule is C[C@@H](N)C(=O)N1CCN(Cc2cccs2)CC1.Cl.Cl. The standard InChI is InChI=1S/C12H19N3OS.2ClH/c1-10(13)12(16)15-6-4-14(5-7-15)9-11-3-2-8-17-11;;/h2-3,8,10H,4-7,9,13H2,1H3;2*1H/t10-;;/m1../s1. The van der Waals surface area contributed by atoms with Gasteiger partial charge in [0.2, 0.25) is 5.91 Å². The summed E-state index contributed by atoms with van der Waals surface area (Å²) in [5.74, 6) is 0.0702. The van der Waals surface area contributed by atoms with Gasteiger partial charge in [0.1, 0.15) is 0 Å². The minimum Gasteiger partial charge on any atom is -0.339 e. The van der Waals surface area contributed by atoms with Crippen LogP contribution in [-0.4, -0.2) is 47.9 Å². The minimum absolute atomic E-state index is 0. The van der Waals surface area contributed by atoms with Crippen molar-refractivity contribution in [1.82, 2.24) is 9.80 Å². The van der Waals surface area contributed by atoms with E-state index >= 15 is 0 Å². The molecular weight excluding hydrogens is 305 g/mol. The van der Waals surface area contributed by atoms with Gasteiger partial charge in [0.05, 0.1) is 6.04 Å². The van der Waals surface area contributed by atoms with Crippen molar-refractivity contribution in [2.75, 3.05) is 26.2 Å². The Hall–Kier alpha value is -0.330. The Bertz CT molecular complexity index is 365. The first-order valence-electron chi connectivity index (χ1n) is 5.96. The van der Waals surface area contributed by atoms with Gasteiger partial charge in [0.15, 0.2) is 0 Å². The number of thiophene rings is 1. The number of hydrogen-bond acceptors (Lipinski definition) is 4. The van der Waals surface area contributed by atoms with E-state index in [4.69, 9.17) is 5.73 Å². The van der Waals surface area contributed by atoms with Gasteiger partial charge >= 0.3 is 0 Å². The van der Waals surface area contributed by atoms with Crippen LogP contribution >= 0.6 is 36.2 Å². The van der Waals surface area contributed by atoms with Gasteiger partial charge in [-0.25, -0.2) is 0 Å². The van der Waals surface area contributed by atoms with Gasteiger partial charge in [-0.05, 0) is 18.4 Å². The van der Waals surface area contributed by atoms with E-state index in [1.165, 1.54) is 4.88 Å². The number of rotatable bonds is 3. The van der Waals surface area contributed by atoms with Crippen molar-refractivity contribution in [3.8, 4) is 0 Å². The zero-order valence-electron chi connectivity index (χ0n) is 10.9. The number of carbonyl (C=O) groups excluding carboxylic acids is 1. The molecule has 0 aromatic carbocycles. The molecular formula is C12H21Cl2N3OS. The van der Waals surface area contributed by atoms with Crippen LogP contribution < -0.4 is 5.73 Å². The number of amides is 1. The van der Waals surface area contributed by atoms with Crippen molar-refractivity contribution in [1.29, 1.82) is 0 Å². The molecule has 0 unspecified atom stereocenters. The lowest BCUT2D eigenvalue weighted by Gasteiger charge is -2.35. The van der Waals surface area contributed by atoms with Crippen LogP contribution in [0.5, 0.6) is 0 Å². The van der Waals surface area contributed by atoms with Gasteiger partial charge in [-0.2, -0.15) is 0 Å². The fourth-order valence-corrected chi connectivity index (χ4v) is 2.78. The average Bonchev–Trinajstić information content (AvgIpc) is 2.82. The molecule has 0 bridgehead atoms. The van der Waals surface area contributed by atoms with Crippen molar-refractivity contribution in [3.63, 3.8) is 0 Å². The summed E-state index contributed by atoms with van der Waals surface area (Å²) in [7, 11) is 0. The van der Waals surface area contributed by atoms with E-state index in [0.29, 0.717) is 0 Å². The molecule has 1 aromatic heterocycles. The Morgan fingerprint density at radius 3 is 2.47 bits per heavy atom. The zero-order valence-corrected chi connectivity index (χ0v) is 13.4. The summed E-state index contributed by atoms with van der Waals surface area (Å²) in [4.78, 5) is 17.3. The highest BCUT2D eigenvalue weighted by molar-refractivity contribution is 7.09. The average molecular weight is 326 g/mol. The maximum Gasteiger partial charge on any atom is 0.239 e. The molecule has 2 N–H and O–H groups in total. The van der Waals surface area contributed by atoms with Crippen LogP contribution in [0.1, 0.15) is 11.8 Å². The first-order chi connectivity index (χ1) is 8.16. The Labute approximate surface area is 130 Å². The van der Waals surface area contributed by atoms with Crippen LogP contribution in [0.2, 0.25) is 0 Å². The number of halogens is 2. The van der Waals surface area contributed by atoms with Crippen molar-refractivity contribution >= 4 is 42.1 Å². The van der Waals surface area contributed by atoms with Crippen molar-refractivity contribution in [2.45, 2.75) is 19.5 Å². The molecule has 1 saturated heterocycles. The highest BCUT2D eigenvalue weighted by Gasteiger charge is 2.22. The Morgan fingerprint density at radius 1 is 1.37 bits per heavy atom. The molecule has 0 saturated carbocycles. The molecule has 7 heteroatoms. The molecule has 0 spiro atoms. The normalized spacial score (nSPS) is 17.3. The monoisotopic (exact) mass is 325 g/mol. The van der Waals surface area contributed by atoms with Crippen LogP contribution in [-0.2, 0) is 11.3 Å². The molecule has 1 aliphatic heterocycles. The Morgan fingerprint density at radius 2 is 2.00 bits per heavy atom. The number of piperazine rings is 1. The number of hydrogen-bond donors (Lipinski definition) is 1. The molecule has 2 heterocycles. The molecule has 1 fully saturated rings. The van der Waals surface area contributed by atoms with Crippen molar-refractivity contribution in [2.24, 2.45) is 5.73 Å². The number of nitrogens with zero attached hydrogens (tertiary/aromatic N) is 2. The fraction of sp³-hybridized carbons (Fsp3) is 0.583. The van der Waals surface area contributed by atoms with Crippen molar-refractivity contribution < 1.29 is 4.79 Å². The number of nitrogens with two attached hydrogens (primary N) is 1. The molecule has 1 aromatic rings. The quantitative estimate of drug-likeness (QED) is 0.918. The van der Waals surface area contributed by atoms with Gasteiger partial charge in [-0.15, -0.1) is 36.2 Å². The van der Waals surface area contributed by atoms with Crippen LogP contribution in [0.4, 0.5) is 0 Å². The smallest absolute Gasteiger partial charge is 0.239 e. The summed E-state index contributed by atoms with van der Waals surface area (Å²) >= 11 is 1.79. The highest BCUT2D eigenvalue weighted by atomic mass is 35.5. The molecule has 1 atom stereocenters.